The van der Waals surface area contributed by atoms with Crippen LogP contribution in [0.3, 0.4) is 0 Å². The SMILES string of the molecule is CC(=CC(=O)N(C)Cc1cc(=O)[nH]c2ccccc12)c1ccc2c(c1)OCCCO2. The van der Waals surface area contributed by atoms with Gasteiger partial charge in [0.25, 0.3) is 0 Å². The number of carbonyl (C=O) groups is 1. The van der Waals surface area contributed by atoms with E-state index in [0.717, 1.165) is 39.8 Å². The lowest BCUT2D eigenvalue weighted by molar-refractivity contribution is -0.125. The minimum atomic E-state index is -0.177. The van der Waals surface area contributed by atoms with Gasteiger partial charge in [-0.25, -0.2) is 0 Å². The summed E-state index contributed by atoms with van der Waals surface area (Å²) in [6.45, 7) is 3.49. The molecule has 1 aromatic heterocycles. The second-order valence-electron chi connectivity index (χ2n) is 7.44. The zero-order valence-electron chi connectivity index (χ0n) is 17.1. The highest BCUT2D eigenvalue weighted by Gasteiger charge is 2.14. The van der Waals surface area contributed by atoms with Gasteiger partial charge >= 0.3 is 0 Å². The van der Waals surface area contributed by atoms with Crippen LogP contribution in [0.25, 0.3) is 16.5 Å². The molecule has 0 atom stereocenters. The molecule has 0 unspecified atom stereocenters. The summed E-state index contributed by atoms with van der Waals surface area (Å²) in [5.41, 5.74) is 3.14. The van der Waals surface area contributed by atoms with Crippen LogP contribution in [0.15, 0.2) is 59.4 Å². The van der Waals surface area contributed by atoms with Crippen molar-refractivity contribution in [2.24, 2.45) is 0 Å². The number of hydrogen-bond donors (Lipinski definition) is 1. The Morgan fingerprint density at radius 1 is 1.10 bits per heavy atom. The number of aromatic nitrogens is 1. The quantitative estimate of drug-likeness (QED) is 0.673. The molecular weight excluding hydrogens is 380 g/mol. The molecule has 1 amide bonds. The molecule has 30 heavy (non-hydrogen) atoms. The van der Waals surface area contributed by atoms with Crippen LogP contribution in [0.2, 0.25) is 0 Å². The number of para-hydroxylation sites is 1. The van der Waals surface area contributed by atoms with E-state index in [1.54, 1.807) is 24.1 Å². The minimum Gasteiger partial charge on any atom is -0.490 e. The molecule has 1 aliphatic rings. The first-order valence-electron chi connectivity index (χ1n) is 9.95. The molecule has 0 saturated carbocycles. The number of nitrogens with zero attached hydrogens (tertiary/aromatic N) is 1. The standard InChI is InChI=1S/C24H24N2O4/c1-16(17-8-9-21-22(13-17)30-11-5-10-29-21)12-24(28)26(2)15-18-14-23(27)25-20-7-4-3-6-19(18)20/h3-4,6-9,12-14H,5,10-11,15H2,1-2H3,(H,25,27). The van der Waals surface area contributed by atoms with E-state index in [4.69, 9.17) is 9.47 Å². The molecule has 2 aromatic carbocycles. The first-order valence-corrected chi connectivity index (χ1v) is 9.95. The molecule has 0 spiro atoms. The van der Waals surface area contributed by atoms with Crippen LogP contribution < -0.4 is 15.0 Å². The number of amides is 1. The highest BCUT2D eigenvalue weighted by molar-refractivity contribution is 5.95. The molecule has 1 aliphatic heterocycles. The predicted molar refractivity (Wildman–Crippen MR) is 117 cm³/mol. The molecular formula is C24H24N2O4. The molecule has 0 aliphatic carbocycles. The summed E-state index contributed by atoms with van der Waals surface area (Å²) in [5.74, 6) is 1.30. The Morgan fingerprint density at radius 3 is 2.70 bits per heavy atom. The summed E-state index contributed by atoms with van der Waals surface area (Å²) < 4.78 is 11.4. The zero-order valence-corrected chi connectivity index (χ0v) is 17.1. The monoisotopic (exact) mass is 404 g/mol. The molecule has 1 N–H and O–H groups in total. The number of hydrogen-bond acceptors (Lipinski definition) is 4. The molecule has 2 heterocycles. The van der Waals surface area contributed by atoms with Crippen molar-refractivity contribution >= 4 is 22.4 Å². The first kappa shape index (κ1) is 19.8. The van der Waals surface area contributed by atoms with Gasteiger partial charge in [0.2, 0.25) is 11.5 Å². The van der Waals surface area contributed by atoms with Crippen molar-refractivity contribution in [1.29, 1.82) is 0 Å². The number of nitrogens with one attached hydrogen (secondary N) is 1. The number of H-pyrrole nitrogens is 1. The third kappa shape index (κ3) is 4.22. The molecule has 0 radical (unpaired) electrons. The summed E-state index contributed by atoms with van der Waals surface area (Å²) in [6, 6.07) is 14.9. The average molecular weight is 404 g/mol. The van der Waals surface area contributed by atoms with Gasteiger partial charge in [0.05, 0.1) is 13.2 Å². The maximum absolute atomic E-state index is 12.8. The van der Waals surface area contributed by atoms with E-state index in [0.29, 0.717) is 25.5 Å². The van der Waals surface area contributed by atoms with Crippen molar-refractivity contribution in [3.63, 3.8) is 0 Å². The highest BCUT2D eigenvalue weighted by Crippen LogP contribution is 2.32. The van der Waals surface area contributed by atoms with Crippen molar-refractivity contribution in [2.75, 3.05) is 20.3 Å². The van der Waals surface area contributed by atoms with Gasteiger partial charge in [-0.2, -0.15) is 0 Å². The number of allylic oxidation sites excluding steroid dienone is 1. The third-order valence-corrected chi connectivity index (χ3v) is 5.16. The van der Waals surface area contributed by atoms with Gasteiger partial charge in [-0.1, -0.05) is 24.3 Å². The Balaban J connectivity index is 1.54. The number of likely N-dealkylation sites (N-methyl/N-ethyl adjacent to an activating group) is 1. The minimum absolute atomic E-state index is 0.135. The van der Waals surface area contributed by atoms with Gasteiger partial charge in [0.15, 0.2) is 11.5 Å². The lowest BCUT2D eigenvalue weighted by Gasteiger charge is -2.17. The second kappa shape index (κ2) is 8.45. The maximum atomic E-state index is 12.8. The lowest BCUT2D eigenvalue weighted by Crippen LogP contribution is -2.25. The lowest BCUT2D eigenvalue weighted by atomic mass is 10.1. The Hall–Kier alpha value is -3.54. The van der Waals surface area contributed by atoms with Crippen LogP contribution >= 0.6 is 0 Å². The molecule has 0 fully saturated rings. The van der Waals surface area contributed by atoms with E-state index in [-0.39, 0.29) is 11.5 Å². The summed E-state index contributed by atoms with van der Waals surface area (Å²) in [4.78, 5) is 29.2. The van der Waals surface area contributed by atoms with Gasteiger partial charge < -0.3 is 19.4 Å². The van der Waals surface area contributed by atoms with Crippen LogP contribution in [-0.2, 0) is 11.3 Å². The van der Waals surface area contributed by atoms with Crippen LogP contribution in [0.1, 0.15) is 24.5 Å². The zero-order chi connectivity index (χ0) is 21.1. The average Bonchev–Trinajstić information content (AvgIpc) is 2.98. The Bertz CT molecular complexity index is 1180. The van der Waals surface area contributed by atoms with E-state index >= 15 is 0 Å². The fraction of sp³-hybridized carbons (Fsp3) is 0.250. The Labute approximate surface area is 174 Å². The smallest absolute Gasteiger partial charge is 0.248 e. The second-order valence-corrected chi connectivity index (χ2v) is 7.44. The summed E-state index contributed by atoms with van der Waals surface area (Å²) >= 11 is 0. The van der Waals surface area contributed by atoms with Crippen molar-refractivity contribution in [3.8, 4) is 11.5 Å². The molecule has 6 heteroatoms. The number of ether oxygens (including phenoxy) is 2. The van der Waals surface area contributed by atoms with Gasteiger partial charge in [-0.05, 0) is 41.8 Å². The number of carbonyl (C=O) groups excluding carboxylic acids is 1. The van der Waals surface area contributed by atoms with Crippen LogP contribution in [0.5, 0.6) is 11.5 Å². The van der Waals surface area contributed by atoms with Crippen LogP contribution in [-0.4, -0.2) is 36.1 Å². The molecule has 6 nitrogen and oxygen atoms in total. The Morgan fingerprint density at radius 2 is 1.87 bits per heavy atom. The molecule has 154 valence electrons. The fourth-order valence-corrected chi connectivity index (χ4v) is 3.53. The number of rotatable bonds is 4. The molecule has 0 bridgehead atoms. The van der Waals surface area contributed by atoms with Crippen LogP contribution in [0.4, 0.5) is 0 Å². The highest BCUT2D eigenvalue weighted by atomic mass is 16.5. The summed E-state index contributed by atoms with van der Waals surface area (Å²) in [6.07, 6.45) is 2.45. The van der Waals surface area contributed by atoms with Gasteiger partial charge in [0, 0.05) is 43.1 Å². The summed E-state index contributed by atoms with van der Waals surface area (Å²) in [7, 11) is 1.73. The number of benzene rings is 2. The fourth-order valence-electron chi connectivity index (χ4n) is 3.53. The van der Waals surface area contributed by atoms with Gasteiger partial charge in [-0.15, -0.1) is 0 Å². The van der Waals surface area contributed by atoms with E-state index in [1.807, 2.05) is 49.4 Å². The summed E-state index contributed by atoms with van der Waals surface area (Å²) in [5, 5.41) is 0.931. The molecule has 0 saturated heterocycles. The van der Waals surface area contributed by atoms with Crippen molar-refractivity contribution in [1.82, 2.24) is 9.88 Å². The van der Waals surface area contributed by atoms with Crippen molar-refractivity contribution in [2.45, 2.75) is 19.9 Å². The Kier molecular flexibility index (Phi) is 5.57. The van der Waals surface area contributed by atoms with Crippen molar-refractivity contribution in [3.05, 3.63) is 76.1 Å². The largest absolute Gasteiger partial charge is 0.490 e. The molecule has 3 aromatic rings. The predicted octanol–water partition coefficient (Wildman–Crippen LogP) is 3.75. The first-order chi connectivity index (χ1) is 14.5. The van der Waals surface area contributed by atoms with E-state index < -0.39 is 0 Å². The maximum Gasteiger partial charge on any atom is 0.248 e. The number of aromatic amines is 1. The van der Waals surface area contributed by atoms with Gasteiger partial charge in [-0.3, -0.25) is 9.59 Å². The molecule has 4 rings (SSSR count). The van der Waals surface area contributed by atoms with Crippen LogP contribution in [0, 0.1) is 0 Å². The van der Waals surface area contributed by atoms with E-state index in [2.05, 4.69) is 4.98 Å². The number of pyridine rings is 1. The van der Waals surface area contributed by atoms with Crippen molar-refractivity contribution < 1.29 is 14.3 Å². The number of fused-ring (bicyclic) bond motifs is 2. The van der Waals surface area contributed by atoms with E-state index in [9.17, 15) is 9.59 Å². The topological polar surface area (TPSA) is 71.6 Å². The van der Waals surface area contributed by atoms with E-state index in [1.165, 1.54) is 0 Å². The normalized spacial score (nSPS) is 13.7. The third-order valence-electron chi connectivity index (χ3n) is 5.16. The van der Waals surface area contributed by atoms with Gasteiger partial charge in [0.1, 0.15) is 0 Å².